The van der Waals surface area contributed by atoms with Crippen LogP contribution in [0.25, 0.3) is 0 Å². The van der Waals surface area contributed by atoms with Gasteiger partial charge in [-0.1, -0.05) is 6.07 Å². The molecular formula is C19H22F2N2. The minimum absolute atomic E-state index is 0.267. The number of hydrogen-bond acceptors (Lipinski definition) is 1. The normalized spacial score (nSPS) is 11.2. The molecule has 0 aliphatic heterocycles. The maximum Gasteiger partial charge on any atom is 0.125 e. The second-order valence-electron chi connectivity index (χ2n) is 5.84. The molecule has 0 saturated carbocycles. The van der Waals surface area contributed by atoms with E-state index in [9.17, 15) is 8.78 Å². The van der Waals surface area contributed by atoms with Gasteiger partial charge in [-0.2, -0.15) is 0 Å². The summed E-state index contributed by atoms with van der Waals surface area (Å²) in [5.74, 6) is -0.595. The Labute approximate surface area is 136 Å². The number of benzene rings is 2. The van der Waals surface area contributed by atoms with Gasteiger partial charge in [-0.3, -0.25) is 0 Å². The molecule has 0 N–H and O–H groups in total. The Morgan fingerprint density at radius 1 is 1.04 bits per heavy atom. The van der Waals surface area contributed by atoms with E-state index >= 15 is 0 Å². The van der Waals surface area contributed by atoms with Gasteiger partial charge < -0.3 is 4.90 Å². The number of aryl methyl sites for hydroxylation is 1. The van der Waals surface area contributed by atoms with Gasteiger partial charge in [-0.05, 0) is 73.7 Å². The van der Waals surface area contributed by atoms with Gasteiger partial charge in [-0.25, -0.2) is 13.8 Å². The SMILES string of the molecule is CCN(C)/C=N/c1cc(F)cc(Cc2cc(C)cc(F)c2)c1C. The van der Waals surface area contributed by atoms with Crippen molar-refractivity contribution in [2.45, 2.75) is 27.2 Å². The predicted molar refractivity (Wildman–Crippen MR) is 91.5 cm³/mol. The first-order valence-corrected chi connectivity index (χ1v) is 7.68. The highest BCUT2D eigenvalue weighted by Gasteiger charge is 2.09. The molecule has 0 atom stereocenters. The van der Waals surface area contributed by atoms with Crippen LogP contribution in [0.2, 0.25) is 0 Å². The Kier molecular flexibility index (Phi) is 5.48. The number of rotatable bonds is 5. The lowest BCUT2D eigenvalue weighted by Crippen LogP contribution is -2.14. The zero-order valence-corrected chi connectivity index (χ0v) is 14.0. The quantitative estimate of drug-likeness (QED) is 0.572. The van der Waals surface area contributed by atoms with E-state index in [1.54, 1.807) is 6.34 Å². The van der Waals surface area contributed by atoms with Crippen molar-refractivity contribution in [1.82, 2.24) is 4.90 Å². The third-order valence-corrected chi connectivity index (χ3v) is 3.84. The Bertz CT molecular complexity index is 703. The highest BCUT2D eigenvalue weighted by atomic mass is 19.1. The maximum atomic E-state index is 13.9. The van der Waals surface area contributed by atoms with E-state index in [4.69, 9.17) is 0 Å². The molecule has 2 nitrogen and oxygen atoms in total. The van der Waals surface area contributed by atoms with Gasteiger partial charge in [0.2, 0.25) is 0 Å². The summed E-state index contributed by atoms with van der Waals surface area (Å²) >= 11 is 0. The minimum atomic E-state index is -0.329. The molecule has 0 heterocycles. The van der Waals surface area contributed by atoms with Crippen LogP contribution in [-0.4, -0.2) is 24.8 Å². The summed E-state index contributed by atoms with van der Waals surface area (Å²) in [6.45, 7) is 6.61. The van der Waals surface area contributed by atoms with E-state index in [-0.39, 0.29) is 11.6 Å². The first kappa shape index (κ1) is 17.1. The fourth-order valence-electron chi connectivity index (χ4n) is 2.41. The first-order valence-electron chi connectivity index (χ1n) is 7.68. The molecule has 2 rings (SSSR count). The number of aliphatic imine (C=N–C) groups is 1. The lowest BCUT2D eigenvalue weighted by Gasteiger charge is -2.12. The van der Waals surface area contributed by atoms with Crippen molar-refractivity contribution in [1.29, 1.82) is 0 Å². The molecular weight excluding hydrogens is 294 g/mol. The molecule has 0 spiro atoms. The van der Waals surface area contributed by atoms with Crippen LogP contribution < -0.4 is 0 Å². The highest BCUT2D eigenvalue weighted by Crippen LogP contribution is 2.26. The van der Waals surface area contributed by atoms with Gasteiger partial charge in [0.15, 0.2) is 0 Å². The highest BCUT2D eigenvalue weighted by molar-refractivity contribution is 5.64. The van der Waals surface area contributed by atoms with Gasteiger partial charge in [0.05, 0.1) is 12.0 Å². The van der Waals surface area contributed by atoms with Crippen molar-refractivity contribution in [3.63, 3.8) is 0 Å². The molecule has 2 aromatic rings. The van der Waals surface area contributed by atoms with Crippen molar-refractivity contribution in [2.24, 2.45) is 4.99 Å². The average molecular weight is 316 g/mol. The van der Waals surface area contributed by atoms with Crippen molar-refractivity contribution in [3.8, 4) is 0 Å². The third kappa shape index (κ3) is 4.62. The molecule has 23 heavy (non-hydrogen) atoms. The van der Waals surface area contributed by atoms with Crippen LogP contribution in [0.15, 0.2) is 35.3 Å². The van der Waals surface area contributed by atoms with E-state index in [0.717, 1.165) is 28.8 Å². The molecule has 122 valence electrons. The Morgan fingerprint density at radius 2 is 1.74 bits per heavy atom. The standard InChI is InChI=1S/C19H22F2N2/c1-5-23(4)12-22-19-11-18(21)10-16(14(19)3)8-15-6-13(2)7-17(20)9-15/h6-7,9-12H,5,8H2,1-4H3/b22-12+. The van der Waals surface area contributed by atoms with E-state index in [1.807, 2.05) is 38.8 Å². The number of hydrogen-bond donors (Lipinski definition) is 0. The zero-order chi connectivity index (χ0) is 17.0. The lowest BCUT2D eigenvalue weighted by atomic mass is 9.98. The van der Waals surface area contributed by atoms with E-state index in [1.165, 1.54) is 24.3 Å². The van der Waals surface area contributed by atoms with E-state index in [0.29, 0.717) is 12.1 Å². The first-order chi connectivity index (χ1) is 10.9. The average Bonchev–Trinajstić information content (AvgIpc) is 2.47. The minimum Gasteiger partial charge on any atom is -0.366 e. The lowest BCUT2D eigenvalue weighted by molar-refractivity contribution is 0.552. The smallest absolute Gasteiger partial charge is 0.125 e. The summed E-state index contributed by atoms with van der Waals surface area (Å²) in [7, 11) is 1.91. The number of halogens is 2. The van der Waals surface area contributed by atoms with Crippen LogP contribution in [-0.2, 0) is 6.42 Å². The Hall–Kier alpha value is -2.23. The zero-order valence-electron chi connectivity index (χ0n) is 14.0. The van der Waals surface area contributed by atoms with Crippen LogP contribution in [0.1, 0.15) is 29.2 Å². The van der Waals surface area contributed by atoms with Crippen LogP contribution in [0, 0.1) is 25.5 Å². The van der Waals surface area contributed by atoms with Crippen LogP contribution >= 0.6 is 0 Å². The van der Waals surface area contributed by atoms with E-state index < -0.39 is 0 Å². The summed E-state index contributed by atoms with van der Waals surface area (Å²) < 4.78 is 27.4. The summed E-state index contributed by atoms with van der Waals surface area (Å²) in [5.41, 5.74) is 4.03. The van der Waals surface area contributed by atoms with Crippen LogP contribution in [0.5, 0.6) is 0 Å². The van der Waals surface area contributed by atoms with E-state index in [2.05, 4.69) is 4.99 Å². The second-order valence-corrected chi connectivity index (χ2v) is 5.84. The monoisotopic (exact) mass is 316 g/mol. The molecule has 0 aromatic heterocycles. The molecule has 0 unspecified atom stereocenters. The van der Waals surface area contributed by atoms with Gasteiger partial charge in [-0.15, -0.1) is 0 Å². The second kappa shape index (κ2) is 7.36. The van der Waals surface area contributed by atoms with Gasteiger partial charge in [0, 0.05) is 13.6 Å². The van der Waals surface area contributed by atoms with Crippen molar-refractivity contribution in [3.05, 3.63) is 64.2 Å². The molecule has 4 heteroatoms. The molecule has 0 aliphatic rings. The predicted octanol–water partition coefficient (Wildman–Crippen LogP) is 4.78. The van der Waals surface area contributed by atoms with Gasteiger partial charge >= 0.3 is 0 Å². The van der Waals surface area contributed by atoms with Crippen molar-refractivity contribution >= 4 is 12.0 Å². The Balaban J connectivity index is 2.35. The summed E-state index contributed by atoms with van der Waals surface area (Å²) in [5, 5.41) is 0. The topological polar surface area (TPSA) is 15.6 Å². The molecule has 0 bridgehead atoms. The third-order valence-electron chi connectivity index (χ3n) is 3.84. The van der Waals surface area contributed by atoms with Crippen LogP contribution in [0.4, 0.5) is 14.5 Å². The van der Waals surface area contributed by atoms with Crippen molar-refractivity contribution in [2.75, 3.05) is 13.6 Å². The largest absolute Gasteiger partial charge is 0.366 e. The molecule has 2 aromatic carbocycles. The summed E-state index contributed by atoms with van der Waals surface area (Å²) in [6.07, 6.45) is 2.17. The maximum absolute atomic E-state index is 13.9. The summed E-state index contributed by atoms with van der Waals surface area (Å²) in [4.78, 5) is 6.28. The molecule has 0 radical (unpaired) electrons. The van der Waals surface area contributed by atoms with Crippen molar-refractivity contribution < 1.29 is 8.78 Å². The summed E-state index contributed by atoms with van der Waals surface area (Å²) in [6, 6.07) is 7.82. The van der Waals surface area contributed by atoms with Crippen LogP contribution in [0.3, 0.4) is 0 Å². The van der Waals surface area contributed by atoms with Gasteiger partial charge in [0.1, 0.15) is 11.6 Å². The van der Waals surface area contributed by atoms with Gasteiger partial charge in [0.25, 0.3) is 0 Å². The fraction of sp³-hybridized carbons (Fsp3) is 0.316. The number of nitrogens with zero attached hydrogens (tertiary/aromatic N) is 2. The fourth-order valence-corrected chi connectivity index (χ4v) is 2.41. The molecule has 0 saturated heterocycles. The molecule has 0 aliphatic carbocycles. The molecule has 0 amide bonds. The Morgan fingerprint density at radius 3 is 2.39 bits per heavy atom. The molecule has 0 fully saturated rings.